The Morgan fingerprint density at radius 1 is 1.53 bits per heavy atom. The number of hydrogen-bond acceptors (Lipinski definition) is 3. The van der Waals surface area contributed by atoms with Gasteiger partial charge in [-0.1, -0.05) is 22.4 Å². The van der Waals surface area contributed by atoms with Gasteiger partial charge in [0.05, 0.1) is 0 Å². The maximum atomic E-state index is 12.2. The zero-order valence-electron chi connectivity index (χ0n) is 11.0. The molecular formula is C14H19BrN2OS. The summed E-state index contributed by atoms with van der Waals surface area (Å²) in [5.74, 6) is 1.18. The molecule has 0 saturated carbocycles. The lowest BCUT2D eigenvalue weighted by Crippen LogP contribution is -2.32. The summed E-state index contributed by atoms with van der Waals surface area (Å²) >= 11 is 5.34. The molecule has 0 aliphatic carbocycles. The van der Waals surface area contributed by atoms with Gasteiger partial charge in [0.15, 0.2) is 0 Å². The van der Waals surface area contributed by atoms with Crippen molar-refractivity contribution in [3.05, 3.63) is 27.7 Å². The minimum atomic E-state index is -0.0309. The van der Waals surface area contributed by atoms with Gasteiger partial charge in [0.1, 0.15) is 0 Å². The van der Waals surface area contributed by atoms with Gasteiger partial charge in [-0.3, -0.25) is 4.79 Å². The second-order valence-electron chi connectivity index (χ2n) is 4.87. The number of benzene rings is 1. The molecule has 2 rings (SSSR count). The standard InChI is InChI=1S/C14H19BrN2OS/c1-9-12(6-10(15)7-13(9)16)14(18)17-8-11-4-2-3-5-19-11/h6-7,11H,2-5,8,16H2,1H3,(H,17,18). The molecule has 0 aromatic heterocycles. The van der Waals surface area contributed by atoms with Gasteiger partial charge in [-0.2, -0.15) is 11.8 Å². The molecule has 5 heteroatoms. The van der Waals surface area contributed by atoms with Crippen LogP contribution in [0.25, 0.3) is 0 Å². The van der Waals surface area contributed by atoms with Gasteiger partial charge in [0.2, 0.25) is 0 Å². The fourth-order valence-corrected chi connectivity index (χ4v) is 3.92. The van der Waals surface area contributed by atoms with Crippen molar-refractivity contribution in [3.8, 4) is 0 Å². The van der Waals surface area contributed by atoms with Crippen LogP contribution in [0.2, 0.25) is 0 Å². The number of halogens is 1. The largest absolute Gasteiger partial charge is 0.398 e. The maximum Gasteiger partial charge on any atom is 0.251 e. The summed E-state index contributed by atoms with van der Waals surface area (Å²) in [6.07, 6.45) is 3.78. The number of rotatable bonds is 3. The van der Waals surface area contributed by atoms with Crippen LogP contribution < -0.4 is 11.1 Å². The van der Waals surface area contributed by atoms with Crippen LogP contribution in [0.4, 0.5) is 5.69 Å². The maximum absolute atomic E-state index is 12.2. The molecule has 1 atom stereocenters. The number of carbonyl (C=O) groups is 1. The lowest BCUT2D eigenvalue weighted by atomic mass is 10.1. The third-order valence-corrected chi connectivity index (χ3v) is 5.28. The molecule has 1 unspecified atom stereocenters. The first-order chi connectivity index (χ1) is 9.08. The zero-order chi connectivity index (χ0) is 13.8. The first-order valence-corrected chi connectivity index (χ1v) is 8.37. The fraction of sp³-hybridized carbons (Fsp3) is 0.500. The molecule has 1 aromatic rings. The number of anilines is 1. The third kappa shape index (κ3) is 3.89. The summed E-state index contributed by atoms with van der Waals surface area (Å²) in [4.78, 5) is 12.2. The van der Waals surface area contributed by atoms with Crippen LogP contribution in [-0.4, -0.2) is 23.5 Å². The number of nitrogens with two attached hydrogens (primary N) is 1. The van der Waals surface area contributed by atoms with Gasteiger partial charge >= 0.3 is 0 Å². The minimum Gasteiger partial charge on any atom is -0.398 e. The van der Waals surface area contributed by atoms with Crippen molar-refractivity contribution < 1.29 is 4.79 Å². The van der Waals surface area contributed by atoms with Crippen molar-refractivity contribution in [3.63, 3.8) is 0 Å². The quantitative estimate of drug-likeness (QED) is 0.828. The molecule has 0 bridgehead atoms. The highest BCUT2D eigenvalue weighted by Gasteiger charge is 2.17. The molecule has 1 aliphatic heterocycles. The Morgan fingerprint density at radius 3 is 3.00 bits per heavy atom. The molecule has 1 saturated heterocycles. The van der Waals surface area contributed by atoms with Crippen molar-refractivity contribution in [2.24, 2.45) is 0 Å². The smallest absolute Gasteiger partial charge is 0.251 e. The highest BCUT2D eigenvalue weighted by molar-refractivity contribution is 9.10. The van der Waals surface area contributed by atoms with E-state index in [4.69, 9.17) is 5.73 Å². The van der Waals surface area contributed by atoms with E-state index in [0.717, 1.165) is 16.6 Å². The summed E-state index contributed by atoms with van der Waals surface area (Å²) in [6, 6.07) is 3.65. The van der Waals surface area contributed by atoms with E-state index in [-0.39, 0.29) is 5.91 Å². The van der Waals surface area contributed by atoms with Crippen LogP contribution in [0, 0.1) is 6.92 Å². The molecule has 0 spiro atoms. The Labute approximate surface area is 126 Å². The molecule has 3 N–H and O–H groups in total. The van der Waals surface area contributed by atoms with Crippen molar-refractivity contribution >= 4 is 39.3 Å². The van der Waals surface area contributed by atoms with Crippen molar-refractivity contribution in [2.45, 2.75) is 31.4 Å². The number of carbonyl (C=O) groups excluding carboxylic acids is 1. The van der Waals surface area contributed by atoms with Crippen molar-refractivity contribution in [1.29, 1.82) is 0 Å². The lowest BCUT2D eigenvalue weighted by Gasteiger charge is -2.21. The molecule has 1 aliphatic rings. The monoisotopic (exact) mass is 342 g/mol. The lowest BCUT2D eigenvalue weighted by molar-refractivity contribution is 0.0953. The van der Waals surface area contributed by atoms with Crippen LogP contribution in [0.5, 0.6) is 0 Å². The van der Waals surface area contributed by atoms with E-state index in [1.54, 1.807) is 0 Å². The van der Waals surface area contributed by atoms with E-state index in [0.29, 0.717) is 16.5 Å². The van der Waals surface area contributed by atoms with Crippen molar-refractivity contribution in [1.82, 2.24) is 5.32 Å². The van der Waals surface area contributed by atoms with Crippen LogP contribution >= 0.6 is 27.7 Å². The first-order valence-electron chi connectivity index (χ1n) is 6.53. The third-order valence-electron chi connectivity index (χ3n) is 3.42. The fourth-order valence-electron chi connectivity index (χ4n) is 2.21. The number of thioether (sulfide) groups is 1. The average molecular weight is 343 g/mol. The summed E-state index contributed by atoms with van der Waals surface area (Å²) < 4.78 is 0.841. The number of nitrogen functional groups attached to an aromatic ring is 1. The van der Waals surface area contributed by atoms with Gasteiger partial charge in [0.25, 0.3) is 5.91 Å². The SMILES string of the molecule is Cc1c(N)cc(Br)cc1C(=O)NCC1CCCCS1. The van der Waals surface area contributed by atoms with E-state index in [2.05, 4.69) is 21.2 Å². The first kappa shape index (κ1) is 14.7. The Morgan fingerprint density at radius 2 is 2.32 bits per heavy atom. The molecule has 3 nitrogen and oxygen atoms in total. The minimum absolute atomic E-state index is 0.0309. The van der Waals surface area contributed by atoms with E-state index < -0.39 is 0 Å². The summed E-state index contributed by atoms with van der Waals surface area (Å²) in [5, 5.41) is 3.59. The number of hydrogen-bond donors (Lipinski definition) is 2. The number of amides is 1. The van der Waals surface area contributed by atoms with Gasteiger partial charge in [0, 0.05) is 27.5 Å². The molecule has 1 aromatic carbocycles. The van der Waals surface area contributed by atoms with Gasteiger partial charge in [-0.15, -0.1) is 0 Å². The Bertz CT molecular complexity index is 473. The molecule has 1 heterocycles. The molecule has 19 heavy (non-hydrogen) atoms. The second-order valence-corrected chi connectivity index (χ2v) is 7.19. The molecular weight excluding hydrogens is 324 g/mol. The van der Waals surface area contributed by atoms with E-state index >= 15 is 0 Å². The summed E-state index contributed by atoms with van der Waals surface area (Å²) in [7, 11) is 0. The molecule has 1 amide bonds. The molecule has 1 fully saturated rings. The highest BCUT2D eigenvalue weighted by atomic mass is 79.9. The molecule has 104 valence electrons. The number of nitrogens with one attached hydrogen (secondary N) is 1. The van der Waals surface area contributed by atoms with E-state index in [9.17, 15) is 4.79 Å². The topological polar surface area (TPSA) is 55.1 Å². The van der Waals surface area contributed by atoms with Crippen LogP contribution in [0.3, 0.4) is 0 Å². The van der Waals surface area contributed by atoms with Crippen LogP contribution in [0.15, 0.2) is 16.6 Å². The Kier molecular flexibility index (Phi) is 5.16. The van der Waals surface area contributed by atoms with Gasteiger partial charge < -0.3 is 11.1 Å². The van der Waals surface area contributed by atoms with E-state index in [1.807, 2.05) is 30.8 Å². The Hall–Kier alpha value is -0.680. The Balaban J connectivity index is 1.99. The van der Waals surface area contributed by atoms with Gasteiger partial charge in [-0.05, 0) is 43.2 Å². The summed E-state index contributed by atoms with van der Waals surface area (Å²) in [6.45, 7) is 2.63. The van der Waals surface area contributed by atoms with Gasteiger partial charge in [-0.25, -0.2) is 0 Å². The predicted molar refractivity (Wildman–Crippen MR) is 85.7 cm³/mol. The highest BCUT2D eigenvalue weighted by Crippen LogP contribution is 2.25. The zero-order valence-corrected chi connectivity index (χ0v) is 13.4. The predicted octanol–water partition coefficient (Wildman–Crippen LogP) is 3.36. The normalized spacial score (nSPS) is 19.2. The average Bonchev–Trinajstić information content (AvgIpc) is 2.41. The van der Waals surface area contributed by atoms with Crippen LogP contribution in [0.1, 0.15) is 35.2 Å². The van der Waals surface area contributed by atoms with E-state index in [1.165, 1.54) is 25.0 Å². The van der Waals surface area contributed by atoms with Crippen molar-refractivity contribution in [2.75, 3.05) is 18.0 Å². The summed E-state index contributed by atoms with van der Waals surface area (Å²) in [5.41, 5.74) is 8.03. The molecule has 0 radical (unpaired) electrons. The van der Waals surface area contributed by atoms with Crippen LogP contribution in [-0.2, 0) is 0 Å². The second kappa shape index (κ2) is 6.66.